The van der Waals surface area contributed by atoms with Crippen LogP contribution in [0.15, 0.2) is 47.6 Å². The van der Waals surface area contributed by atoms with E-state index in [0.717, 1.165) is 11.4 Å². The molecule has 0 bridgehead atoms. The highest BCUT2D eigenvalue weighted by atomic mass is 35.5. The van der Waals surface area contributed by atoms with Gasteiger partial charge in [0.2, 0.25) is 11.1 Å². The molecule has 30 heavy (non-hydrogen) atoms. The molecule has 4 rings (SSSR count). The summed E-state index contributed by atoms with van der Waals surface area (Å²) in [5.74, 6) is 0.424. The Morgan fingerprint density at radius 1 is 1.33 bits per heavy atom. The number of hydrogen-bond donors (Lipinski definition) is 2. The average molecular weight is 448 g/mol. The lowest BCUT2D eigenvalue weighted by atomic mass is 10.0. The normalized spacial score (nSPS) is 17.7. The highest BCUT2D eigenvalue weighted by molar-refractivity contribution is 8.00. The third-order valence-corrected chi connectivity index (χ3v) is 6.26. The van der Waals surface area contributed by atoms with E-state index in [1.54, 1.807) is 28.9 Å². The Hall–Kier alpha value is -2.78. The lowest BCUT2D eigenvalue weighted by molar-refractivity contribution is -0.116. The zero-order valence-electron chi connectivity index (χ0n) is 16.2. The van der Waals surface area contributed by atoms with Crippen LogP contribution in [0.25, 0.3) is 0 Å². The highest BCUT2D eigenvalue weighted by Gasteiger charge is 2.38. The summed E-state index contributed by atoms with van der Waals surface area (Å²) in [6.07, 6.45) is 0.669. The van der Waals surface area contributed by atoms with E-state index >= 15 is 0 Å². The van der Waals surface area contributed by atoms with E-state index in [0.29, 0.717) is 22.3 Å². The molecule has 2 N–H and O–H groups in total. The Labute approximate surface area is 181 Å². The van der Waals surface area contributed by atoms with Gasteiger partial charge in [-0.15, -0.1) is 10.2 Å². The molecule has 1 amide bonds. The first kappa shape index (κ1) is 20.5. The van der Waals surface area contributed by atoms with Gasteiger partial charge in [-0.25, -0.2) is 9.07 Å². The molecule has 10 heteroatoms. The predicted octanol–water partition coefficient (Wildman–Crippen LogP) is 4.04. The third kappa shape index (κ3) is 3.82. The Morgan fingerprint density at radius 3 is 2.83 bits per heavy atom. The number of anilines is 1. The van der Waals surface area contributed by atoms with E-state index in [9.17, 15) is 9.18 Å². The standard InChI is InChI=1S/C20H19ClFN5O2S/c1-3-16-24-25-20-27(16)26-17(11-8-9-15(29-2)12(21)10-11)18(30-20)19(28)23-14-7-5-4-6-13(14)22/h4-10,17-18,26H,3H2,1-2H3,(H,23,28)/t17-,18+/m0/s1. The van der Waals surface area contributed by atoms with Gasteiger partial charge in [0.05, 0.1) is 23.9 Å². The minimum atomic E-state index is -0.643. The molecule has 3 aromatic rings. The molecule has 1 aliphatic heterocycles. The quantitative estimate of drug-likeness (QED) is 0.614. The first-order chi connectivity index (χ1) is 14.5. The number of para-hydroxylation sites is 1. The van der Waals surface area contributed by atoms with Crippen molar-refractivity contribution in [1.29, 1.82) is 0 Å². The van der Waals surface area contributed by atoms with Crippen molar-refractivity contribution in [3.63, 3.8) is 0 Å². The van der Waals surface area contributed by atoms with Gasteiger partial charge in [-0.1, -0.05) is 48.5 Å². The van der Waals surface area contributed by atoms with E-state index in [1.807, 2.05) is 13.0 Å². The molecule has 156 valence electrons. The summed E-state index contributed by atoms with van der Waals surface area (Å²) in [5.41, 5.74) is 4.23. The summed E-state index contributed by atoms with van der Waals surface area (Å²) in [6, 6.07) is 10.9. The van der Waals surface area contributed by atoms with Crippen LogP contribution in [0.2, 0.25) is 5.02 Å². The number of methoxy groups -OCH3 is 1. The number of nitrogens with zero attached hydrogens (tertiary/aromatic N) is 3. The van der Waals surface area contributed by atoms with Gasteiger partial charge in [-0.05, 0) is 29.8 Å². The van der Waals surface area contributed by atoms with E-state index in [2.05, 4.69) is 20.9 Å². The molecule has 2 aromatic carbocycles. The number of fused-ring (bicyclic) bond motifs is 1. The van der Waals surface area contributed by atoms with Crippen molar-refractivity contribution < 1.29 is 13.9 Å². The van der Waals surface area contributed by atoms with Crippen LogP contribution in [0.3, 0.4) is 0 Å². The van der Waals surface area contributed by atoms with Gasteiger partial charge in [0.25, 0.3) is 0 Å². The molecule has 0 aliphatic carbocycles. The van der Waals surface area contributed by atoms with Gasteiger partial charge in [0.15, 0.2) is 5.82 Å². The zero-order chi connectivity index (χ0) is 21.3. The fourth-order valence-corrected chi connectivity index (χ4v) is 4.59. The van der Waals surface area contributed by atoms with Gasteiger partial charge in [0.1, 0.15) is 16.8 Å². The van der Waals surface area contributed by atoms with Gasteiger partial charge in [-0.3, -0.25) is 4.79 Å². The van der Waals surface area contributed by atoms with E-state index in [4.69, 9.17) is 16.3 Å². The topological polar surface area (TPSA) is 81.1 Å². The predicted molar refractivity (Wildman–Crippen MR) is 114 cm³/mol. The molecule has 1 aromatic heterocycles. The number of carbonyl (C=O) groups is 1. The van der Waals surface area contributed by atoms with Gasteiger partial charge < -0.3 is 15.5 Å². The molecule has 0 saturated heterocycles. The number of benzene rings is 2. The van der Waals surface area contributed by atoms with Gasteiger partial charge in [-0.2, -0.15) is 0 Å². The van der Waals surface area contributed by atoms with Crippen LogP contribution in [-0.4, -0.2) is 33.1 Å². The van der Waals surface area contributed by atoms with Crippen molar-refractivity contribution in [3.8, 4) is 5.75 Å². The maximum absolute atomic E-state index is 14.1. The first-order valence-electron chi connectivity index (χ1n) is 9.28. The number of hydrogen-bond acceptors (Lipinski definition) is 6. The van der Waals surface area contributed by atoms with Crippen molar-refractivity contribution in [3.05, 3.63) is 64.7 Å². The average Bonchev–Trinajstić information content (AvgIpc) is 3.16. The Kier molecular flexibility index (Phi) is 5.83. The number of nitrogens with one attached hydrogen (secondary N) is 2. The van der Waals surface area contributed by atoms with E-state index in [1.165, 1.54) is 31.0 Å². The second-order valence-electron chi connectivity index (χ2n) is 6.60. The molecule has 2 atom stereocenters. The van der Waals surface area contributed by atoms with Crippen molar-refractivity contribution in [1.82, 2.24) is 14.9 Å². The Bertz CT molecular complexity index is 1090. The summed E-state index contributed by atoms with van der Waals surface area (Å²) in [4.78, 5) is 13.1. The third-order valence-electron chi connectivity index (χ3n) is 4.75. The minimum Gasteiger partial charge on any atom is -0.495 e. The number of aromatic nitrogens is 3. The Morgan fingerprint density at radius 2 is 2.13 bits per heavy atom. The lowest BCUT2D eigenvalue weighted by Gasteiger charge is -2.33. The zero-order valence-corrected chi connectivity index (χ0v) is 17.8. The summed E-state index contributed by atoms with van der Waals surface area (Å²) in [6.45, 7) is 1.97. The maximum atomic E-state index is 14.1. The minimum absolute atomic E-state index is 0.121. The van der Waals surface area contributed by atoms with Crippen molar-refractivity contribution in [2.24, 2.45) is 0 Å². The fraction of sp³-hybridized carbons (Fsp3) is 0.250. The number of aryl methyl sites for hydroxylation is 1. The van der Waals surface area contributed by atoms with E-state index < -0.39 is 17.1 Å². The summed E-state index contributed by atoms with van der Waals surface area (Å²) in [5, 5.41) is 11.4. The molecule has 2 heterocycles. The molecule has 0 fully saturated rings. The van der Waals surface area contributed by atoms with E-state index in [-0.39, 0.29) is 11.6 Å². The van der Waals surface area contributed by atoms with Crippen molar-refractivity contribution in [2.45, 2.75) is 29.8 Å². The number of thioether (sulfide) groups is 1. The molecular formula is C20H19ClFN5O2S. The number of ether oxygens (including phenoxy) is 1. The van der Waals surface area contributed by atoms with Crippen LogP contribution in [0.4, 0.5) is 10.1 Å². The van der Waals surface area contributed by atoms with Crippen molar-refractivity contribution in [2.75, 3.05) is 17.9 Å². The SMILES string of the molecule is CCc1nnc2n1N[C@@H](c1ccc(OC)c(Cl)c1)[C@H](C(=O)Nc1ccccc1F)S2. The number of carbonyl (C=O) groups excluding carboxylic acids is 1. The summed E-state index contributed by atoms with van der Waals surface area (Å²) >= 11 is 7.59. The number of rotatable bonds is 5. The summed E-state index contributed by atoms with van der Waals surface area (Å²) < 4.78 is 21.1. The molecule has 0 saturated carbocycles. The lowest BCUT2D eigenvalue weighted by Crippen LogP contribution is -2.41. The Balaban J connectivity index is 1.70. The monoisotopic (exact) mass is 447 g/mol. The number of halogens is 2. The van der Waals surface area contributed by atoms with Crippen molar-refractivity contribution >= 4 is 35.0 Å². The van der Waals surface area contributed by atoms with Crippen LogP contribution in [0.5, 0.6) is 5.75 Å². The molecule has 0 radical (unpaired) electrons. The second kappa shape index (κ2) is 8.53. The second-order valence-corrected chi connectivity index (χ2v) is 8.11. The van der Waals surface area contributed by atoms with Crippen LogP contribution in [-0.2, 0) is 11.2 Å². The molecular weight excluding hydrogens is 429 g/mol. The van der Waals surface area contributed by atoms with Crippen LogP contribution >= 0.6 is 23.4 Å². The van der Waals surface area contributed by atoms with Gasteiger partial charge in [0, 0.05) is 6.42 Å². The van der Waals surface area contributed by atoms with Crippen LogP contribution in [0, 0.1) is 5.82 Å². The number of amides is 1. The largest absolute Gasteiger partial charge is 0.495 e. The van der Waals surface area contributed by atoms with Gasteiger partial charge >= 0.3 is 0 Å². The highest BCUT2D eigenvalue weighted by Crippen LogP contribution is 2.39. The molecule has 0 spiro atoms. The first-order valence-corrected chi connectivity index (χ1v) is 10.5. The molecule has 1 aliphatic rings. The van der Waals surface area contributed by atoms with Crippen LogP contribution in [0.1, 0.15) is 24.4 Å². The smallest absolute Gasteiger partial charge is 0.240 e. The summed E-state index contributed by atoms with van der Waals surface area (Å²) in [7, 11) is 1.54. The fourth-order valence-electron chi connectivity index (χ4n) is 3.22. The molecule has 0 unspecified atom stereocenters. The molecule has 7 nitrogen and oxygen atoms in total. The van der Waals surface area contributed by atoms with Crippen LogP contribution < -0.4 is 15.5 Å². The maximum Gasteiger partial charge on any atom is 0.240 e.